The summed E-state index contributed by atoms with van der Waals surface area (Å²) in [6.45, 7) is 7.49. The molecular formula is C31H32N4O2. The van der Waals surface area contributed by atoms with Crippen LogP contribution in [-0.4, -0.2) is 41.2 Å². The number of hydrogen-bond donors (Lipinski definition) is 2. The van der Waals surface area contributed by atoms with Gasteiger partial charge in [-0.25, -0.2) is 0 Å². The first kappa shape index (κ1) is 23.5. The molecule has 2 unspecified atom stereocenters. The molecule has 2 N–H and O–H groups in total. The third kappa shape index (κ3) is 4.02. The highest BCUT2D eigenvalue weighted by molar-refractivity contribution is 6.10. The highest BCUT2D eigenvalue weighted by atomic mass is 16.5. The van der Waals surface area contributed by atoms with E-state index in [1.807, 2.05) is 18.2 Å². The Morgan fingerprint density at radius 1 is 1.05 bits per heavy atom. The second-order valence-electron chi connectivity index (χ2n) is 10.0. The highest BCUT2D eigenvalue weighted by Crippen LogP contribution is 2.65. The Kier molecular flexibility index (Phi) is 5.84. The van der Waals surface area contributed by atoms with Gasteiger partial charge in [0.15, 0.2) is 0 Å². The first-order valence-corrected chi connectivity index (χ1v) is 13.0. The molecule has 0 saturated heterocycles. The largest absolute Gasteiger partial charge is 0.497 e. The maximum atomic E-state index is 13.0. The van der Waals surface area contributed by atoms with Crippen LogP contribution in [0.2, 0.25) is 0 Å². The van der Waals surface area contributed by atoms with Gasteiger partial charge in [0.25, 0.3) is 0 Å². The summed E-state index contributed by atoms with van der Waals surface area (Å²) in [5.41, 5.74) is 6.96. The Morgan fingerprint density at radius 2 is 1.86 bits per heavy atom. The van der Waals surface area contributed by atoms with Gasteiger partial charge in [-0.05, 0) is 72.1 Å². The summed E-state index contributed by atoms with van der Waals surface area (Å²) in [5.74, 6) is 0.999. The second kappa shape index (κ2) is 9.20. The number of carbonyl (C=O) groups excluding carboxylic acids is 1. The quantitative estimate of drug-likeness (QED) is 0.318. The summed E-state index contributed by atoms with van der Waals surface area (Å²) < 4.78 is 5.42. The van der Waals surface area contributed by atoms with E-state index in [4.69, 9.17) is 4.74 Å². The van der Waals surface area contributed by atoms with Crippen LogP contribution in [0, 0.1) is 0 Å². The molecule has 1 amide bonds. The lowest BCUT2D eigenvalue weighted by atomic mass is 9.91. The Hall–Kier alpha value is -3.90. The summed E-state index contributed by atoms with van der Waals surface area (Å²) in [5, 5.41) is 11.9. The minimum absolute atomic E-state index is 0.0807. The van der Waals surface area contributed by atoms with Crippen LogP contribution in [0.1, 0.15) is 54.1 Å². The minimum Gasteiger partial charge on any atom is -0.497 e. The topological polar surface area (TPSA) is 70.2 Å². The van der Waals surface area contributed by atoms with Gasteiger partial charge in [-0.3, -0.25) is 14.8 Å². The van der Waals surface area contributed by atoms with Crippen molar-refractivity contribution in [1.82, 2.24) is 15.1 Å². The van der Waals surface area contributed by atoms with E-state index in [1.54, 1.807) is 7.11 Å². The second-order valence-corrected chi connectivity index (χ2v) is 10.0. The van der Waals surface area contributed by atoms with Crippen molar-refractivity contribution in [2.45, 2.75) is 38.1 Å². The van der Waals surface area contributed by atoms with Crippen molar-refractivity contribution in [2.75, 3.05) is 25.5 Å². The van der Waals surface area contributed by atoms with E-state index in [2.05, 4.69) is 88.9 Å². The fourth-order valence-electron chi connectivity index (χ4n) is 5.72. The van der Waals surface area contributed by atoms with Crippen molar-refractivity contribution in [1.29, 1.82) is 0 Å². The zero-order valence-corrected chi connectivity index (χ0v) is 21.5. The predicted molar refractivity (Wildman–Crippen MR) is 149 cm³/mol. The molecule has 6 heteroatoms. The van der Waals surface area contributed by atoms with Crippen LogP contribution in [-0.2, 0) is 16.8 Å². The van der Waals surface area contributed by atoms with Gasteiger partial charge in [-0.2, -0.15) is 5.10 Å². The molecule has 37 heavy (non-hydrogen) atoms. The number of anilines is 1. The Bertz CT molecular complexity index is 1500. The van der Waals surface area contributed by atoms with Gasteiger partial charge in [0.1, 0.15) is 5.75 Å². The molecule has 6 nitrogen and oxygen atoms in total. The number of methoxy groups -OCH3 is 1. The first-order valence-electron chi connectivity index (χ1n) is 13.0. The Labute approximate surface area is 217 Å². The van der Waals surface area contributed by atoms with Crippen molar-refractivity contribution < 1.29 is 9.53 Å². The maximum absolute atomic E-state index is 13.0. The molecule has 1 aromatic heterocycles. The number of rotatable bonds is 8. The number of H-pyrrole nitrogens is 1. The van der Waals surface area contributed by atoms with E-state index in [0.717, 1.165) is 70.8 Å². The lowest BCUT2D eigenvalue weighted by Gasteiger charge is -2.17. The minimum atomic E-state index is -0.502. The summed E-state index contributed by atoms with van der Waals surface area (Å²) in [6, 6.07) is 21.0. The third-order valence-corrected chi connectivity index (χ3v) is 8.05. The van der Waals surface area contributed by atoms with Gasteiger partial charge in [0, 0.05) is 23.5 Å². The molecule has 1 spiro atoms. The number of carbonyl (C=O) groups is 1. The Balaban J connectivity index is 1.21. The molecule has 0 radical (unpaired) electrons. The molecule has 2 aliphatic rings. The van der Waals surface area contributed by atoms with Gasteiger partial charge in [0.2, 0.25) is 5.91 Å². The molecule has 2 heterocycles. The molecule has 188 valence electrons. The van der Waals surface area contributed by atoms with Crippen molar-refractivity contribution in [3.8, 4) is 5.75 Å². The van der Waals surface area contributed by atoms with Crippen LogP contribution in [0.15, 0.2) is 60.7 Å². The van der Waals surface area contributed by atoms with E-state index in [1.165, 1.54) is 5.56 Å². The number of aromatic amines is 1. The smallest absolute Gasteiger partial charge is 0.235 e. The van der Waals surface area contributed by atoms with E-state index in [9.17, 15) is 4.79 Å². The molecule has 3 aromatic carbocycles. The maximum Gasteiger partial charge on any atom is 0.235 e. The molecule has 0 bridgehead atoms. The number of nitrogens with one attached hydrogen (secondary N) is 2. The van der Waals surface area contributed by atoms with Crippen LogP contribution in [0.3, 0.4) is 0 Å². The van der Waals surface area contributed by atoms with Crippen LogP contribution >= 0.6 is 0 Å². The van der Waals surface area contributed by atoms with Crippen molar-refractivity contribution >= 4 is 34.6 Å². The van der Waals surface area contributed by atoms with Crippen LogP contribution in [0.25, 0.3) is 23.1 Å². The van der Waals surface area contributed by atoms with E-state index >= 15 is 0 Å². The Morgan fingerprint density at radius 3 is 2.62 bits per heavy atom. The summed E-state index contributed by atoms with van der Waals surface area (Å²) in [4.78, 5) is 15.4. The van der Waals surface area contributed by atoms with Gasteiger partial charge >= 0.3 is 0 Å². The van der Waals surface area contributed by atoms with Crippen LogP contribution in [0.5, 0.6) is 5.75 Å². The molecule has 6 rings (SSSR count). The number of benzene rings is 3. The summed E-state index contributed by atoms with van der Waals surface area (Å²) >= 11 is 0. The number of fused-ring (bicyclic) bond motifs is 3. The normalized spacial score (nSPS) is 20.2. The molecule has 1 fully saturated rings. The van der Waals surface area contributed by atoms with Crippen molar-refractivity contribution in [2.24, 2.45) is 0 Å². The number of hydrogen-bond acceptors (Lipinski definition) is 4. The predicted octanol–water partition coefficient (Wildman–Crippen LogP) is 5.96. The summed E-state index contributed by atoms with van der Waals surface area (Å²) in [6.07, 6.45) is 4.97. The average Bonchev–Trinajstić information content (AvgIpc) is 3.47. The summed E-state index contributed by atoms with van der Waals surface area (Å²) in [7, 11) is 1.66. The van der Waals surface area contributed by atoms with Gasteiger partial charge in [0.05, 0.1) is 23.7 Å². The highest BCUT2D eigenvalue weighted by Gasteiger charge is 2.65. The molecule has 1 aliphatic heterocycles. The SMILES string of the molecule is CCN(CC)Cc1ccc(/C=C/c2n[nH]c3cc(C4CC45C(=O)Nc4ccc(OC)cc45)ccc23)cc1. The van der Waals surface area contributed by atoms with Crippen molar-refractivity contribution in [3.63, 3.8) is 0 Å². The number of aromatic nitrogens is 2. The molecule has 1 aliphatic carbocycles. The zero-order chi connectivity index (χ0) is 25.6. The van der Waals surface area contributed by atoms with E-state index < -0.39 is 5.41 Å². The van der Waals surface area contributed by atoms with Gasteiger partial charge in [-0.1, -0.05) is 56.3 Å². The molecule has 4 aromatic rings. The number of ether oxygens (including phenoxy) is 1. The fraction of sp³-hybridized carbons (Fsp3) is 0.290. The number of amides is 1. The lowest BCUT2D eigenvalue weighted by Crippen LogP contribution is -2.21. The monoisotopic (exact) mass is 492 g/mol. The van der Waals surface area contributed by atoms with E-state index in [0.29, 0.717) is 0 Å². The molecule has 1 saturated carbocycles. The van der Waals surface area contributed by atoms with E-state index in [-0.39, 0.29) is 11.8 Å². The lowest BCUT2D eigenvalue weighted by molar-refractivity contribution is -0.118. The van der Waals surface area contributed by atoms with Crippen LogP contribution in [0.4, 0.5) is 5.69 Å². The molecule has 2 atom stereocenters. The number of nitrogens with zero attached hydrogens (tertiary/aromatic N) is 2. The van der Waals surface area contributed by atoms with Gasteiger partial charge in [-0.15, -0.1) is 0 Å². The van der Waals surface area contributed by atoms with Crippen molar-refractivity contribution in [3.05, 3.63) is 88.6 Å². The average molecular weight is 493 g/mol. The van der Waals surface area contributed by atoms with Crippen LogP contribution < -0.4 is 10.1 Å². The molecular weight excluding hydrogens is 460 g/mol. The first-order chi connectivity index (χ1) is 18.0. The van der Waals surface area contributed by atoms with Gasteiger partial charge < -0.3 is 10.1 Å². The fourth-order valence-corrected chi connectivity index (χ4v) is 5.72. The standard InChI is InChI=1S/C31H32N4O2/c1-4-35(5-2)19-21-8-6-20(7-9-21)10-14-27-24-13-11-22(16-29(24)34-33-27)26-18-31(26)25-17-23(37-3)12-15-28(25)32-30(31)36/h6-17,26H,4-5,18-19H2,1-3H3,(H,32,36)(H,33,34)/b14-10+. The third-order valence-electron chi connectivity index (χ3n) is 8.05. The zero-order valence-electron chi connectivity index (χ0n) is 21.5.